The largest absolute Gasteiger partial charge is 0.380 e. The average molecular weight is 354 g/mol. The molecule has 134 valence electrons. The first-order chi connectivity index (χ1) is 11.6. The van der Waals surface area contributed by atoms with E-state index in [-0.39, 0.29) is 0 Å². The van der Waals surface area contributed by atoms with Crippen LogP contribution in [0.25, 0.3) is 0 Å². The van der Waals surface area contributed by atoms with Crippen molar-refractivity contribution in [2.24, 2.45) is 0 Å². The van der Waals surface area contributed by atoms with Gasteiger partial charge in [0, 0.05) is 5.56 Å². The van der Waals surface area contributed by atoms with Gasteiger partial charge in [-0.2, -0.15) is 8.42 Å². The van der Waals surface area contributed by atoms with Gasteiger partial charge in [-0.1, -0.05) is 50.7 Å². The standard InChI is InChI=1S/C19H27FO3S/c20-14-24(21,22)23-18-13-7-12-17(15-8-3-1-4-9-15)19(18)16-10-5-2-6-11-16/h7,12-13,15-16H,1-6,8-11,14H2. The van der Waals surface area contributed by atoms with Crippen molar-refractivity contribution in [1.82, 2.24) is 0 Å². The molecule has 0 unspecified atom stereocenters. The molecule has 0 N–H and O–H groups in total. The topological polar surface area (TPSA) is 43.4 Å². The first kappa shape index (κ1) is 17.7. The van der Waals surface area contributed by atoms with E-state index in [2.05, 4.69) is 6.07 Å². The Bertz CT molecular complexity index is 645. The molecule has 0 spiro atoms. The third kappa shape index (κ3) is 4.11. The van der Waals surface area contributed by atoms with Gasteiger partial charge in [0.1, 0.15) is 5.75 Å². The third-order valence-electron chi connectivity index (χ3n) is 5.51. The van der Waals surface area contributed by atoms with E-state index in [1.807, 2.05) is 6.07 Å². The van der Waals surface area contributed by atoms with Crippen LogP contribution in [0.5, 0.6) is 5.75 Å². The number of alkyl halides is 1. The second kappa shape index (κ2) is 7.85. The van der Waals surface area contributed by atoms with Crippen LogP contribution >= 0.6 is 0 Å². The highest BCUT2D eigenvalue weighted by Crippen LogP contribution is 2.45. The lowest BCUT2D eigenvalue weighted by Gasteiger charge is -2.30. The van der Waals surface area contributed by atoms with Gasteiger partial charge >= 0.3 is 10.1 Å². The van der Waals surface area contributed by atoms with E-state index in [1.165, 1.54) is 44.1 Å². The fourth-order valence-corrected chi connectivity index (χ4v) is 4.85. The van der Waals surface area contributed by atoms with Crippen LogP contribution in [0, 0.1) is 0 Å². The zero-order chi connectivity index (χ0) is 17.0. The number of benzene rings is 1. The fourth-order valence-electron chi connectivity index (χ4n) is 4.39. The third-order valence-corrected chi connectivity index (χ3v) is 6.21. The minimum atomic E-state index is -4.15. The molecule has 0 heterocycles. The second-order valence-corrected chi connectivity index (χ2v) is 8.68. The molecule has 0 saturated heterocycles. The molecule has 2 aliphatic rings. The maximum absolute atomic E-state index is 12.8. The van der Waals surface area contributed by atoms with Gasteiger partial charge in [-0.15, -0.1) is 0 Å². The summed E-state index contributed by atoms with van der Waals surface area (Å²) < 4.78 is 41.3. The molecule has 2 fully saturated rings. The highest BCUT2D eigenvalue weighted by Gasteiger charge is 2.28. The molecule has 0 aromatic heterocycles. The predicted molar refractivity (Wildman–Crippen MR) is 93.6 cm³/mol. The summed E-state index contributed by atoms with van der Waals surface area (Å²) in [5.41, 5.74) is 2.29. The normalized spacial score (nSPS) is 20.9. The van der Waals surface area contributed by atoms with E-state index in [1.54, 1.807) is 6.07 Å². The zero-order valence-corrected chi connectivity index (χ0v) is 15.0. The van der Waals surface area contributed by atoms with Gasteiger partial charge < -0.3 is 4.18 Å². The molecule has 2 saturated carbocycles. The summed E-state index contributed by atoms with van der Waals surface area (Å²) in [5, 5.41) is 0. The van der Waals surface area contributed by atoms with E-state index in [4.69, 9.17) is 4.18 Å². The van der Waals surface area contributed by atoms with Crippen LogP contribution in [0.15, 0.2) is 18.2 Å². The Morgan fingerprint density at radius 3 is 2.08 bits per heavy atom. The number of hydrogen-bond acceptors (Lipinski definition) is 3. The Kier molecular flexibility index (Phi) is 5.80. The molecule has 3 nitrogen and oxygen atoms in total. The monoisotopic (exact) mass is 354 g/mol. The number of halogens is 1. The Balaban J connectivity index is 2.00. The summed E-state index contributed by atoms with van der Waals surface area (Å²) in [6.45, 7) is 0. The lowest BCUT2D eigenvalue weighted by atomic mass is 9.75. The summed E-state index contributed by atoms with van der Waals surface area (Å²) >= 11 is 0. The van der Waals surface area contributed by atoms with Crippen molar-refractivity contribution in [3.63, 3.8) is 0 Å². The quantitative estimate of drug-likeness (QED) is 0.663. The zero-order valence-electron chi connectivity index (χ0n) is 14.2. The molecule has 5 heteroatoms. The van der Waals surface area contributed by atoms with E-state index < -0.39 is 16.1 Å². The van der Waals surface area contributed by atoms with Crippen molar-refractivity contribution in [2.45, 2.75) is 76.0 Å². The van der Waals surface area contributed by atoms with Gasteiger partial charge in [0.05, 0.1) is 0 Å². The molecule has 2 aliphatic carbocycles. The van der Waals surface area contributed by atoms with Crippen molar-refractivity contribution < 1.29 is 17.0 Å². The molecular formula is C19H27FO3S. The highest BCUT2D eigenvalue weighted by atomic mass is 32.2. The van der Waals surface area contributed by atoms with Gasteiger partial charge in [0.15, 0.2) is 0 Å². The SMILES string of the molecule is O=S(=O)(CF)Oc1cccc(C2CCCCC2)c1C1CCCCC1. The van der Waals surface area contributed by atoms with Crippen LogP contribution in [0.4, 0.5) is 4.39 Å². The predicted octanol–water partition coefficient (Wildman–Crippen LogP) is 5.42. The Hall–Kier alpha value is -1.10. The molecule has 1 aromatic carbocycles. The van der Waals surface area contributed by atoms with Crippen molar-refractivity contribution >= 4 is 10.1 Å². The van der Waals surface area contributed by atoms with Crippen molar-refractivity contribution in [1.29, 1.82) is 0 Å². The number of rotatable bonds is 5. The Morgan fingerprint density at radius 1 is 0.917 bits per heavy atom. The summed E-state index contributed by atoms with van der Waals surface area (Å²) in [7, 11) is -4.15. The van der Waals surface area contributed by atoms with Crippen LogP contribution in [0.3, 0.4) is 0 Å². The molecule has 0 radical (unpaired) electrons. The number of hydrogen-bond donors (Lipinski definition) is 0. The van der Waals surface area contributed by atoms with Gasteiger partial charge in [0.2, 0.25) is 6.01 Å². The van der Waals surface area contributed by atoms with Gasteiger partial charge in [0.25, 0.3) is 0 Å². The van der Waals surface area contributed by atoms with E-state index in [9.17, 15) is 12.8 Å². The van der Waals surface area contributed by atoms with E-state index in [0.717, 1.165) is 31.2 Å². The van der Waals surface area contributed by atoms with E-state index >= 15 is 0 Å². The molecule has 3 rings (SSSR count). The maximum atomic E-state index is 12.8. The Morgan fingerprint density at radius 2 is 1.50 bits per heavy atom. The lowest BCUT2D eigenvalue weighted by Crippen LogP contribution is -2.17. The second-order valence-electron chi connectivity index (χ2n) is 7.18. The Labute approximate surface area is 144 Å². The van der Waals surface area contributed by atoms with Crippen LogP contribution in [0.2, 0.25) is 0 Å². The summed E-state index contributed by atoms with van der Waals surface area (Å²) in [6, 6.07) is 4.21. The first-order valence-corrected chi connectivity index (χ1v) is 10.8. The van der Waals surface area contributed by atoms with Crippen LogP contribution in [0.1, 0.15) is 87.2 Å². The van der Waals surface area contributed by atoms with E-state index in [0.29, 0.717) is 17.6 Å². The smallest absolute Gasteiger partial charge is 0.339 e. The fraction of sp³-hybridized carbons (Fsp3) is 0.684. The van der Waals surface area contributed by atoms with Crippen molar-refractivity contribution in [3.05, 3.63) is 29.3 Å². The molecule has 0 bridgehead atoms. The van der Waals surface area contributed by atoms with Crippen LogP contribution < -0.4 is 4.18 Å². The van der Waals surface area contributed by atoms with Gasteiger partial charge in [-0.3, -0.25) is 0 Å². The minimum Gasteiger partial charge on any atom is -0.380 e. The minimum absolute atomic E-state index is 0.335. The summed E-state index contributed by atoms with van der Waals surface area (Å²) in [5.74, 6) is 1.18. The highest BCUT2D eigenvalue weighted by molar-refractivity contribution is 7.86. The van der Waals surface area contributed by atoms with Crippen molar-refractivity contribution in [3.8, 4) is 5.75 Å². The maximum Gasteiger partial charge on any atom is 0.339 e. The van der Waals surface area contributed by atoms with Gasteiger partial charge in [-0.25, -0.2) is 4.39 Å². The van der Waals surface area contributed by atoms with Crippen LogP contribution in [-0.2, 0) is 10.1 Å². The molecule has 0 atom stereocenters. The van der Waals surface area contributed by atoms with Crippen molar-refractivity contribution in [2.75, 3.05) is 6.01 Å². The van der Waals surface area contributed by atoms with Gasteiger partial charge in [-0.05, 0) is 49.1 Å². The van der Waals surface area contributed by atoms with Crippen LogP contribution in [-0.4, -0.2) is 14.4 Å². The molecule has 24 heavy (non-hydrogen) atoms. The molecular weight excluding hydrogens is 327 g/mol. The average Bonchev–Trinajstić information content (AvgIpc) is 2.63. The first-order valence-electron chi connectivity index (χ1n) is 9.21. The molecule has 1 aromatic rings. The lowest BCUT2D eigenvalue weighted by molar-refractivity contribution is 0.404. The molecule has 0 aliphatic heterocycles. The molecule has 0 amide bonds. The summed E-state index contributed by atoms with van der Waals surface area (Å²) in [4.78, 5) is 0. The summed E-state index contributed by atoms with van der Waals surface area (Å²) in [6.07, 6.45) is 11.7.